The summed E-state index contributed by atoms with van der Waals surface area (Å²) in [5.74, 6) is 0. The highest BCUT2D eigenvalue weighted by Crippen LogP contribution is 2.37. The van der Waals surface area contributed by atoms with Gasteiger partial charge in [0.1, 0.15) is 0 Å². The van der Waals surface area contributed by atoms with E-state index in [0.717, 1.165) is 0 Å². The third-order valence-corrected chi connectivity index (χ3v) is 18.4. The largest absolute Gasteiger partial charge is 0.405 e. The SMILES string of the molecule is CC(C)(C)[Si](OCCOCCOCCO[Si](c1ccccc1)(c1ccccc1)C(C)(C)C)(c1ccccc1)c1ccccc1. The number of rotatable bonds is 15. The van der Waals surface area contributed by atoms with Crippen LogP contribution in [0.25, 0.3) is 0 Å². The van der Waals surface area contributed by atoms with Crippen LogP contribution in [0.5, 0.6) is 0 Å². The van der Waals surface area contributed by atoms with Crippen molar-refractivity contribution in [2.75, 3.05) is 39.6 Å². The van der Waals surface area contributed by atoms with Gasteiger partial charge < -0.3 is 18.3 Å². The van der Waals surface area contributed by atoms with Crippen LogP contribution in [-0.4, -0.2) is 56.3 Å². The zero-order valence-corrected chi connectivity index (χ0v) is 29.4. The Morgan fingerprint density at radius 2 is 0.591 bits per heavy atom. The summed E-state index contributed by atoms with van der Waals surface area (Å²) in [5, 5.41) is 5.02. The van der Waals surface area contributed by atoms with Crippen molar-refractivity contribution in [3.63, 3.8) is 0 Å². The molecule has 234 valence electrons. The predicted molar refractivity (Wildman–Crippen MR) is 189 cm³/mol. The first-order valence-electron chi connectivity index (χ1n) is 15.8. The fourth-order valence-electron chi connectivity index (χ4n) is 6.35. The third kappa shape index (κ3) is 7.68. The summed E-state index contributed by atoms with van der Waals surface area (Å²) < 4.78 is 25.8. The van der Waals surface area contributed by atoms with Gasteiger partial charge >= 0.3 is 0 Å². The first-order valence-corrected chi connectivity index (χ1v) is 19.6. The molecule has 0 radical (unpaired) electrons. The van der Waals surface area contributed by atoms with Crippen molar-refractivity contribution in [3.05, 3.63) is 121 Å². The average Bonchev–Trinajstić information content (AvgIpc) is 3.02. The van der Waals surface area contributed by atoms with Gasteiger partial charge in [-0.25, -0.2) is 0 Å². The maximum absolute atomic E-state index is 6.92. The summed E-state index contributed by atoms with van der Waals surface area (Å²) in [6, 6.07) is 42.9. The highest BCUT2D eigenvalue weighted by atomic mass is 28.4. The molecule has 0 unspecified atom stereocenters. The van der Waals surface area contributed by atoms with Crippen LogP contribution < -0.4 is 20.7 Å². The Morgan fingerprint density at radius 1 is 0.364 bits per heavy atom. The van der Waals surface area contributed by atoms with Gasteiger partial charge in [0.15, 0.2) is 0 Å². The van der Waals surface area contributed by atoms with Gasteiger partial charge in [-0.05, 0) is 30.8 Å². The molecule has 6 heteroatoms. The minimum atomic E-state index is -2.55. The first-order chi connectivity index (χ1) is 21.1. The lowest BCUT2D eigenvalue weighted by atomic mass is 10.2. The third-order valence-electron chi connectivity index (χ3n) is 8.30. The van der Waals surface area contributed by atoms with E-state index < -0.39 is 16.6 Å². The molecule has 44 heavy (non-hydrogen) atoms. The molecule has 0 N–H and O–H groups in total. The van der Waals surface area contributed by atoms with Crippen LogP contribution in [0.4, 0.5) is 0 Å². The van der Waals surface area contributed by atoms with Gasteiger partial charge in [0.25, 0.3) is 16.6 Å². The Balaban J connectivity index is 1.30. The van der Waals surface area contributed by atoms with Crippen LogP contribution in [0.2, 0.25) is 10.1 Å². The lowest BCUT2D eigenvalue weighted by Gasteiger charge is -2.43. The highest BCUT2D eigenvalue weighted by Gasteiger charge is 2.51. The van der Waals surface area contributed by atoms with Crippen molar-refractivity contribution in [2.45, 2.75) is 51.6 Å². The van der Waals surface area contributed by atoms with Gasteiger partial charge in [0, 0.05) is 0 Å². The molecule has 4 aromatic carbocycles. The minimum Gasteiger partial charge on any atom is -0.405 e. The van der Waals surface area contributed by atoms with E-state index in [9.17, 15) is 0 Å². The minimum absolute atomic E-state index is 0.0517. The lowest BCUT2D eigenvalue weighted by Crippen LogP contribution is -2.66. The van der Waals surface area contributed by atoms with E-state index in [0.29, 0.717) is 39.6 Å². The van der Waals surface area contributed by atoms with Gasteiger partial charge in [0.05, 0.1) is 39.6 Å². The van der Waals surface area contributed by atoms with E-state index in [1.165, 1.54) is 20.7 Å². The molecule has 0 aromatic heterocycles. The summed E-state index contributed by atoms with van der Waals surface area (Å²) >= 11 is 0. The Hall–Kier alpha value is -2.85. The summed E-state index contributed by atoms with van der Waals surface area (Å²) in [6.45, 7) is 16.9. The normalized spacial score (nSPS) is 12.8. The maximum atomic E-state index is 6.92. The fourth-order valence-corrected chi connectivity index (χ4v) is 15.4. The van der Waals surface area contributed by atoms with Crippen molar-refractivity contribution >= 4 is 37.4 Å². The molecule has 4 rings (SSSR count). The second-order valence-corrected chi connectivity index (χ2v) is 21.9. The van der Waals surface area contributed by atoms with Gasteiger partial charge in [0.2, 0.25) is 0 Å². The van der Waals surface area contributed by atoms with Crippen LogP contribution in [-0.2, 0) is 18.3 Å². The molecule has 0 fully saturated rings. The molecule has 0 spiro atoms. The summed E-state index contributed by atoms with van der Waals surface area (Å²) in [7, 11) is -5.10. The second kappa shape index (κ2) is 15.4. The van der Waals surface area contributed by atoms with E-state index in [1.807, 2.05) is 0 Å². The predicted octanol–water partition coefficient (Wildman–Crippen LogP) is 6.17. The van der Waals surface area contributed by atoms with E-state index in [-0.39, 0.29) is 10.1 Å². The quantitative estimate of drug-likeness (QED) is 0.117. The van der Waals surface area contributed by atoms with E-state index in [4.69, 9.17) is 18.3 Å². The van der Waals surface area contributed by atoms with Crippen molar-refractivity contribution in [3.8, 4) is 0 Å². The Bertz CT molecular complexity index is 1180. The van der Waals surface area contributed by atoms with Crippen LogP contribution >= 0.6 is 0 Å². The summed E-state index contributed by atoms with van der Waals surface area (Å²) in [6.07, 6.45) is 0. The number of hydrogen-bond acceptors (Lipinski definition) is 4. The molecule has 0 bridgehead atoms. The summed E-state index contributed by atoms with van der Waals surface area (Å²) in [5.41, 5.74) is 0. The van der Waals surface area contributed by atoms with Crippen LogP contribution in [0.15, 0.2) is 121 Å². The zero-order valence-electron chi connectivity index (χ0n) is 27.4. The molecule has 0 heterocycles. The number of benzene rings is 4. The van der Waals surface area contributed by atoms with Gasteiger partial charge in [-0.15, -0.1) is 0 Å². The van der Waals surface area contributed by atoms with Crippen molar-refractivity contribution < 1.29 is 18.3 Å². The topological polar surface area (TPSA) is 36.9 Å². The smallest absolute Gasteiger partial charge is 0.261 e. The zero-order chi connectivity index (χ0) is 31.5. The molecular formula is C38H50O4Si2. The Kier molecular flexibility index (Phi) is 11.9. The molecule has 0 aliphatic heterocycles. The highest BCUT2D eigenvalue weighted by molar-refractivity contribution is 7.00. The Labute approximate surface area is 267 Å². The maximum Gasteiger partial charge on any atom is 0.261 e. The number of ether oxygens (including phenoxy) is 2. The van der Waals surface area contributed by atoms with E-state index in [2.05, 4.69) is 163 Å². The van der Waals surface area contributed by atoms with Crippen LogP contribution in [0, 0.1) is 0 Å². The van der Waals surface area contributed by atoms with Crippen molar-refractivity contribution in [1.82, 2.24) is 0 Å². The van der Waals surface area contributed by atoms with E-state index >= 15 is 0 Å². The molecule has 0 atom stereocenters. The molecule has 0 aliphatic carbocycles. The first kappa shape index (κ1) is 34.0. The number of hydrogen-bond donors (Lipinski definition) is 0. The monoisotopic (exact) mass is 626 g/mol. The van der Waals surface area contributed by atoms with Crippen molar-refractivity contribution in [2.24, 2.45) is 0 Å². The van der Waals surface area contributed by atoms with Gasteiger partial charge in [-0.3, -0.25) is 0 Å². The van der Waals surface area contributed by atoms with Crippen molar-refractivity contribution in [1.29, 1.82) is 0 Å². The molecule has 4 nitrogen and oxygen atoms in total. The molecule has 0 saturated heterocycles. The fraction of sp³-hybridized carbons (Fsp3) is 0.368. The second-order valence-electron chi connectivity index (χ2n) is 13.2. The standard InChI is InChI=1S/C38H50O4Si2/c1-37(2,3)43(33-19-11-7-12-20-33,34-21-13-8-14-22-34)41-31-29-39-27-28-40-30-32-42-44(38(4,5)6,35-23-15-9-16-24-35)36-25-17-10-18-26-36/h7-26H,27-32H2,1-6H3. The molecule has 0 amide bonds. The Morgan fingerprint density at radius 3 is 0.818 bits per heavy atom. The molecule has 0 aliphatic rings. The average molecular weight is 627 g/mol. The molecule has 4 aromatic rings. The van der Waals surface area contributed by atoms with Gasteiger partial charge in [-0.2, -0.15) is 0 Å². The van der Waals surface area contributed by atoms with Gasteiger partial charge in [-0.1, -0.05) is 163 Å². The van der Waals surface area contributed by atoms with E-state index in [1.54, 1.807) is 0 Å². The van der Waals surface area contributed by atoms with Crippen LogP contribution in [0.1, 0.15) is 41.5 Å². The molecule has 0 saturated carbocycles. The molecular weight excluding hydrogens is 577 g/mol. The van der Waals surface area contributed by atoms with Crippen LogP contribution in [0.3, 0.4) is 0 Å². The lowest BCUT2D eigenvalue weighted by molar-refractivity contribution is 0.0255. The summed E-state index contributed by atoms with van der Waals surface area (Å²) in [4.78, 5) is 0.